The molecule has 0 saturated heterocycles. The number of carbonyl (C=O) groups is 1. The Hall–Kier alpha value is -0.860. The van der Waals surface area contributed by atoms with Gasteiger partial charge in [0.25, 0.3) is 0 Å². The van der Waals surface area contributed by atoms with Crippen LogP contribution in [-0.2, 0) is 9.53 Å². The number of methoxy groups -OCH3 is 1. The Balaban J connectivity index is 2.60. The van der Waals surface area contributed by atoms with E-state index in [1.165, 1.54) is 7.11 Å². The van der Waals surface area contributed by atoms with Crippen molar-refractivity contribution in [3.63, 3.8) is 0 Å². The van der Waals surface area contributed by atoms with Crippen molar-refractivity contribution in [2.45, 2.75) is 13.3 Å². The van der Waals surface area contributed by atoms with Crippen LogP contribution in [-0.4, -0.2) is 13.1 Å². The molecule has 1 aliphatic carbocycles. The molecule has 0 aliphatic heterocycles. The van der Waals surface area contributed by atoms with Crippen LogP contribution in [0.1, 0.15) is 13.3 Å². The van der Waals surface area contributed by atoms with Crippen molar-refractivity contribution < 1.29 is 13.9 Å². The van der Waals surface area contributed by atoms with Crippen LogP contribution in [0.3, 0.4) is 0 Å². The second kappa shape index (κ2) is 2.32. The summed E-state index contributed by atoms with van der Waals surface area (Å²) in [5.74, 6) is -1.08. The van der Waals surface area contributed by atoms with E-state index < -0.39 is 11.2 Å². The van der Waals surface area contributed by atoms with Gasteiger partial charge in [0.05, 0.1) is 18.9 Å². The van der Waals surface area contributed by atoms with Crippen LogP contribution in [0.2, 0.25) is 0 Å². The fourth-order valence-electron chi connectivity index (χ4n) is 1.15. The maximum Gasteiger partial charge on any atom is 0.309 e. The highest BCUT2D eigenvalue weighted by Crippen LogP contribution is 2.57. The molecule has 0 radical (unpaired) electrons. The Bertz CT molecular complexity index is 212. The van der Waals surface area contributed by atoms with Gasteiger partial charge in [-0.05, 0) is 6.42 Å². The van der Waals surface area contributed by atoms with Crippen molar-refractivity contribution in [2.75, 3.05) is 7.11 Å². The molecule has 1 fully saturated rings. The predicted octanol–water partition coefficient (Wildman–Crippen LogP) is 1.67. The molecule has 1 saturated carbocycles. The Kier molecular flexibility index (Phi) is 1.74. The number of ether oxygens (including phenoxy) is 1. The molecule has 0 aromatic carbocycles. The molecular weight excluding hydrogens is 147 g/mol. The number of hydrogen-bond donors (Lipinski definition) is 0. The van der Waals surface area contributed by atoms with Crippen molar-refractivity contribution in [1.82, 2.24) is 0 Å². The first-order chi connectivity index (χ1) is 5.02. The summed E-state index contributed by atoms with van der Waals surface area (Å²) in [6.07, 6.45) is 0.523. The lowest BCUT2D eigenvalue weighted by Crippen LogP contribution is -2.09. The monoisotopic (exact) mass is 158 g/mol. The first-order valence-corrected chi connectivity index (χ1v) is 3.45. The lowest BCUT2D eigenvalue weighted by Gasteiger charge is -2.04. The largest absolute Gasteiger partial charge is 0.469 e. The molecular formula is C8H11FO2. The highest BCUT2D eigenvalue weighted by atomic mass is 19.1. The summed E-state index contributed by atoms with van der Waals surface area (Å²) in [7, 11) is 1.31. The zero-order valence-corrected chi connectivity index (χ0v) is 6.69. The second-order valence-electron chi connectivity index (χ2n) is 3.10. The molecule has 0 spiro atoms. The minimum atomic E-state index is -0.646. The molecule has 11 heavy (non-hydrogen) atoms. The summed E-state index contributed by atoms with van der Waals surface area (Å²) in [4.78, 5) is 10.9. The highest BCUT2D eigenvalue weighted by molar-refractivity contribution is 5.77. The normalized spacial score (nSPS) is 34.6. The standard InChI is InChI=1S/C8H11FO2/c1-5(9)8(2)4-6(8)7(10)11-3/h6H,1,4H2,2-3H3/t6-,8-/m1/s1. The van der Waals surface area contributed by atoms with Gasteiger partial charge < -0.3 is 4.74 Å². The van der Waals surface area contributed by atoms with Gasteiger partial charge in [-0.15, -0.1) is 0 Å². The molecule has 3 heteroatoms. The van der Waals surface area contributed by atoms with Crippen LogP contribution in [0.25, 0.3) is 0 Å². The SMILES string of the molecule is C=C(F)[C@@]1(C)C[C@@H]1C(=O)OC. The van der Waals surface area contributed by atoms with E-state index in [0.717, 1.165) is 0 Å². The average molecular weight is 158 g/mol. The number of esters is 1. The molecule has 0 heterocycles. The van der Waals surface area contributed by atoms with Gasteiger partial charge in [-0.25, -0.2) is 4.39 Å². The molecule has 1 aliphatic rings. The van der Waals surface area contributed by atoms with Gasteiger partial charge in [0.2, 0.25) is 0 Å². The zero-order valence-electron chi connectivity index (χ0n) is 6.69. The molecule has 0 aromatic heterocycles. The van der Waals surface area contributed by atoms with Crippen LogP contribution >= 0.6 is 0 Å². The fourth-order valence-corrected chi connectivity index (χ4v) is 1.15. The maximum atomic E-state index is 12.6. The van der Waals surface area contributed by atoms with Crippen molar-refractivity contribution in [1.29, 1.82) is 0 Å². The van der Waals surface area contributed by atoms with E-state index in [1.54, 1.807) is 6.92 Å². The summed E-state index contributed by atoms with van der Waals surface area (Å²) in [6, 6.07) is 0. The number of halogens is 1. The third-order valence-corrected chi connectivity index (χ3v) is 2.34. The first-order valence-electron chi connectivity index (χ1n) is 3.45. The van der Waals surface area contributed by atoms with E-state index >= 15 is 0 Å². The van der Waals surface area contributed by atoms with Gasteiger partial charge in [0.15, 0.2) is 0 Å². The molecule has 2 atom stereocenters. The smallest absolute Gasteiger partial charge is 0.309 e. The zero-order chi connectivity index (χ0) is 8.65. The molecule has 62 valence electrons. The number of rotatable bonds is 2. The Morgan fingerprint density at radius 1 is 1.82 bits per heavy atom. The molecule has 0 aromatic rings. The minimum Gasteiger partial charge on any atom is -0.469 e. The van der Waals surface area contributed by atoms with Crippen LogP contribution in [0, 0.1) is 11.3 Å². The average Bonchev–Trinajstić information content (AvgIpc) is 2.63. The number of carbonyl (C=O) groups excluding carboxylic acids is 1. The summed E-state index contributed by atoms with van der Waals surface area (Å²) in [5.41, 5.74) is -0.646. The molecule has 0 unspecified atom stereocenters. The highest BCUT2D eigenvalue weighted by Gasteiger charge is 2.58. The fraction of sp³-hybridized carbons (Fsp3) is 0.625. The summed E-state index contributed by atoms with van der Waals surface area (Å²) in [5, 5.41) is 0. The topological polar surface area (TPSA) is 26.3 Å². The Labute approximate surface area is 65.0 Å². The quantitative estimate of drug-likeness (QED) is 0.571. The third-order valence-electron chi connectivity index (χ3n) is 2.34. The van der Waals surface area contributed by atoms with Crippen LogP contribution < -0.4 is 0 Å². The molecule has 1 rings (SSSR count). The minimum absolute atomic E-state index is 0.315. The molecule has 0 bridgehead atoms. The number of hydrogen-bond acceptors (Lipinski definition) is 2. The van der Waals surface area contributed by atoms with E-state index in [4.69, 9.17) is 0 Å². The predicted molar refractivity (Wildman–Crippen MR) is 38.5 cm³/mol. The molecule has 2 nitrogen and oxygen atoms in total. The van der Waals surface area contributed by atoms with Gasteiger partial charge in [-0.2, -0.15) is 0 Å². The van der Waals surface area contributed by atoms with Crippen molar-refractivity contribution in [2.24, 2.45) is 11.3 Å². The van der Waals surface area contributed by atoms with Crippen molar-refractivity contribution >= 4 is 5.97 Å². The molecule has 0 amide bonds. The maximum absolute atomic E-state index is 12.6. The summed E-state index contributed by atoms with van der Waals surface area (Å²) >= 11 is 0. The lowest BCUT2D eigenvalue weighted by atomic mass is 10.1. The Morgan fingerprint density at radius 2 is 2.36 bits per heavy atom. The lowest BCUT2D eigenvalue weighted by molar-refractivity contribution is -0.142. The van der Waals surface area contributed by atoms with Gasteiger partial charge in [-0.1, -0.05) is 13.5 Å². The van der Waals surface area contributed by atoms with E-state index in [0.29, 0.717) is 6.42 Å². The van der Waals surface area contributed by atoms with E-state index in [9.17, 15) is 9.18 Å². The van der Waals surface area contributed by atoms with Gasteiger partial charge in [0, 0.05) is 5.41 Å². The first kappa shape index (κ1) is 8.24. The van der Waals surface area contributed by atoms with Crippen molar-refractivity contribution in [3.05, 3.63) is 12.4 Å². The Morgan fingerprint density at radius 3 is 2.64 bits per heavy atom. The van der Waals surface area contributed by atoms with Crippen LogP contribution in [0.5, 0.6) is 0 Å². The van der Waals surface area contributed by atoms with E-state index in [1.807, 2.05) is 0 Å². The van der Waals surface area contributed by atoms with Crippen molar-refractivity contribution in [3.8, 4) is 0 Å². The summed E-state index contributed by atoms with van der Waals surface area (Å²) < 4.78 is 17.1. The number of allylic oxidation sites excluding steroid dienone is 1. The van der Waals surface area contributed by atoms with Crippen LogP contribution in [0.15, 0.2) is 12.4 Å². The van der Waals surface area contributed by atoms with E-state index in [2.05, 4.69) is 11.3 Å². The molecule has 0 N–H and O–H groups in total. The van der Waals surface area contributed by atoms with Gasteiger partial charge >= 0.3 is 5.97 Å². The van der Waals surface area contributed by atoms with Gasteiger partial charge in [0.1, 0.15) is 0 Å². The van der Waals surface area contributed by atoms with Crippen LogP contribution in [0.4, 0.5) is 4.39 Å². The third kappa shape index (κ3) is 1.15. The van der Waals surface area contributed by atoms with Gasteiger partial charge in [-0.3, -0.25) is 4.79 Å². The van der Waals surface area contributed by atoms with E-state index in [-0.39, 0.29) is 11.9 Å². The summed E-state index contributed by atoms with van der Waals surface area (Å²) in [6.45, 7) is 4.86. The second-order valence-corrected chi connectivity index (χ2v) is 3.10.